The zero-order valence-electron chi connectivity index (χ0n) is 11.7. The minimum atomic E-state index is -0.345. The molecule has 0 fully saturated rings. The van der Waals surface area contributed by atoms with Crippen molar-refractivity contribution in [3.05, 3.63) is 71.9 Å². The van der Waals surface area contributed by atoms with Crippen LogP contribution < -0.4 is 5.32 Å². The monoisotopic (exact) mass is 294 g/mol. The highest BCUT2D eigenvalue weighted by Crippen LogP contribution is 2.20. The number of benzene rings is 2. The van der Waals surface area contributed by atoms with Gasteiger partial charge in [-0.1, -0.05) is 47.6 Å². The van der Waals surface area contributed by atoms with Gasteiger partial charge in [0, 0.05) is 17.3 Å². The van der Waals surface area contributed by atoms with Crippen molar-refractivity contribution in [2.45, 2.75) is 6.61 Å². The molecule has 0 spiro atoms. The van der Waals surface area contributed by atoms with Gasteiger partial charge in [-0.25, -0.2) is 0 Å². The van der Waals surface area contributed by atoms with Crippen molar-refractivity contribution in [1.29, 1.82) is 0 Å². The van der Waals surface area contributed by atoms with Crippen LogP contribution in [0.5, 0.6) is 0 Å². The molecule has 5 heteroatoms. The molecule has 0 unspecified atom stereocenters. The molecule has 5 nitrogen and oxygen atoms in total. The molecular formula is C17H14N2O3. The average Bonchev–Trinajstić information content (AvgIpc) is 3.06. The molecular weight excluding hydrogens is 280 g/mol. The van der Waals surface area contributed by atoms with Gasteiger partial charge in [-0.05, 0) is 17.7 Å². The van der Waals surface area contributed by atoms with Gasteiger partial charge in [0.2, 0.25) is 0 Å². The molecule has 0 aliphatic rings. The highest BCUT2D eigenvalue weighted by atomic mass is 16.5. The van der Waals surface area contributed by atoms with E-state index < -0.39 is 0 Å². The maximum atomic E-state index is 12.1. The summed E-state index contributed by atoms with van der Waals surface area (Å²) in [6, 6.07) is 18.0. The van der Waals surface area contributed by atoms with Crippen molar-refractivity contribution in [1.82, 2.24) is 5.16 Å². The van der Waals surface area contributed by atoms with Crippen LogP contribution in [0, 0.1) is 0 Å². The van der Waals surface area contributed by atoms with E-state index in [0.717, 1.165) is 11.1 Å². The molecule has 22 heavy (non-hydrogen) atoms. The molecule has 2 aromatic carbocycles. The highest BCUT2D eigenvalue weighted by Gasteiger charge is 2.13. The van der Waals surface area contributed by atoms with Gasteiger partial charge in [0.25, 0.3) is 5.91 Å². The van der Waals surface area contributed by atoms with Crippen molar-refractivity contribution in [3.8, 4) is 11.3 Å². The van der Waals surface area contributed by atoms with E-state index in [1.165, 1.54) is 0 Å². The number of carbonyl (C=O) groups excluding carboxylic acids is 1. The van der Waals surface area contributed by atoms with E-state index in [2.05, 4.69) is 10.5 Å². The lowest BCUT2D eigenvalue weighted by atomic mass is 10.1. The van der Waals surface area contributed by atoms with Crippen LogP contribution in [0.25, 0.3) is 11.3 Å². The summed E-state index contributed by atoms with van der Waals surface area (Å²) in [4.78, 5) is 12.1. The first-order valence-corrected chi connectivity index (χ1v) is 6.79. The SMILES string of the molecule is O=C(Nc1ccc(CO)cc1)c1cc(-c2ccccc2)on1. The smallest absolute Gasteiger partial charge is 0.277 e. The highest BCUT2D eigenvalue weighted by molar-refractivity contribution is 6.03. The van der Waals surface area contributed by atoms with E-state index in [1.54, 1.807) is 30.3 Å². The van der Waals surface area contributed by atoms with E-state index in [1.807, 2.05) is 30.3 Å². The molecule has 1 aromatic heterocycles. The Balaban J connectivity index is 1.74. The zero-order valence-corrected chi connectivity index (χ0v) is 11.7. The predicted octanol–water partition coefficient (Wildman–Crippen LogP) is 3.09. The molecule has 0 radical (unpaired) electrons. The number of nitrogens with one attached hydrogen (secondary N) is 1. The van der Waals surface area contributed by atoms with E-state index in [-0.39, 0.29) is 18.2 Å². The van der Waals surface area contributed by atoms with Crippen LogP contribution in [0.3, 0.4) is 0 Å². The van der Waals surface area contributed by atoms with Crippen molar-refractivity contribution >= 4 is 11.6 Å². The first-order valence-electron chi connectivity index (χ1n) is 6.79. The maximum Gasteiger partial charge on any atom is 0.277 e. The average molecular weight is 294 g/mol. The number of carbonyl (C=O) groups is 1. The number of aromatic nitrogens is 1. The Bertz CT molecular complexity index is 764. The Hall–Kier alpha value is -2.92. The van der Waals surface area contributed by atoms with E-state index >= 15 is 0 Å². The normalized spacial score (nSPS) is 10.4. The van der Waals surface area contributed by atoms with Crippen LogP contribution >= 0.6 is 0 Å². The first kappa shape index (κ1) is 14.0. The second-order valence-electron chi connectivity index (χ2n) is 4.75. The van der Waals surface area contributed by atoms with E-state index in [0.29, 0.717) is 11.4 Å². The van der Waals surface area contributed by atoms with Gasteiger partial charge in [-0.2, -0.15) is 0 Å². The summed E-state index contributed by atoms with van der Waals surface area (Å²) < 4.78 is 5.20. The molecule has 3 aromatic rings. The van der Waals surface area contributed by atoms with E-state index in [9.17, 15) is 4.79 Å². The number of rotatable bonds is 4. The topological polar surface area (TPSA) is 75.4 Å². The van der Waals surface area contributed by atoms with E-state index in [4.69, 9.17) is 9.63 Å². The van der Waals surface area contributed by atoms with Crippen molar-refractivity contribution in [2.75, 3.05) is 5.32 Å². The minimum Gasteiger partial charge on any atom is -0.392 e. The van der Waals surface area contributed by atoms with Crippen molar-refractivity contribution in [2.24, 2.45) is 0 Å². The molecule has 0 atom stereocenters. The number of hydrogen-bond acceptors (Lipinski definition) is 4. The van der Waals surface area contributed by atoms with Gasteiger partial charge in [-0.3, -0.25) is 4.79 Å². The quantitative estimate of drug-likeness (QED) is 0.775. The third-order valence-electron chi connectivity index (χ3n) is 3.20. The summed E-state index contributed by atoms with van der Waals surface area (Å²) >= 11 is 0. The van der Waals surface area contributed by atoms with Crippen LogP contribution in [0.1, 0.15) is 16.1 Å². The predicted molar refractivity (Wildman–Crippen MR) is 82.3 cm³/mol. The summed E-state index contributed by atoms with van der Waals surface area (Å²) in [6.45, 7) is -0.0298. The van der Waals surface area contributed by atoms with Gasteiger partial charge in [0.05, 0.1) is 6.61 Å². The summed E-state index contributed by atoms with van der Waals surface area (Å²) in [5.41, 5.74) is 2.49. The Morgan fingerprint density at radius 2 is 1.82 bits per heavy atom. The molecule has 0 saturated heterocycles. The lowest BCUT2D eigenvalue weighted by Gasteiger charge is -2.03. The maximum absolute atomic E-state index is 12.1. The fraction of sp³-hybridized carbons (Fsp3) is 0.0588. The largest absolute Gasteiger partial charge is 0.392 e. The van der Waals surface area contributed by atoms with Crippen molar-refractivity contribution in [3.63, 3.8) is 0 Å². The van der Waals surface area contributed by atoms with Crippen LogP contribution in [-0.2, 0) is 6.61 Å². The fourth-order valence-electron chi connectivity index (χ4n) is 2.01. The summed E-state index contributed by atoms with van der Waals surface area (Å²) in [7, 11) is 0. The summed E-state index contributed by atoms with van der Waals surface area (Å²) in [5.74, 6) is 0.198. The standard InChI is InChI=1S/C17H14N2O3/c20-11-12-6-8-14(9-7-12)18-17(21)15-10-16(22-19-15)13-4-2-1-3-5-13/h1-10,20H,11H2,(H,18,21). The third-order valence-corrected chi connectivity index (χ3v) is 3.20. The Morgan fingerprint density at radius 3 is 2.50 bits per heavy atom. The molecule has 1 heterocycles. The van der Waals surface area contributed by atoms with Crippen molar-refractivity contribution < 1.29 is 14.4 Å². The minimum absolute atomic E-state index is 0.0298. The zero-order chi connectivity index (χ0) is 15.4. The fourth-order valence-corrected chi connectivity index (χ4v) is 2.01. The lowest BCUT2D eigenvalue weighted by Crippen LogP contribution is -2.12. The molecule has 1 amide bonds. The van der Waals surface area contributed by atoms with Gasteiger partial charge in [0.15, 0.2) is 11.5 Å². The Labute approximate surface area is 127 Å². The second kappa shape index (κ2) is 6.24. The molecule has 0 aliphatic carbocycles. The molecule has 0 saturated carbocycles. The number of amides is 1. The molecule has 110 valence electrons. The number of aliphatic hydroxyl groups is 1. The molecule has 3 rings (SSSR count). The Morgan fingerprint density at radius 1 is 1.09 bits per heavy atom. The van der Waals surface area contributed by atoms with Crippen LogP contribution in [0.15, 0.2) is 65.2 Å². The van der Waals surface area contributed by atoms with Gasteiger partial charge >= 0.3 is 0 Å². The third kappa shape index (κ3) is 3.05. The van der Waals surface area contributed by atoms with Gasteiger partial charge in [0.1, 0.15) is 0 Å². The number of aliphatic hydroxyl groups excluding tert-OH is 1. The van der Waals surface area contributed by atoms with Gasteiger partial charge in [-0.15, -0.1) is 0 Å². The number of anilines is 1. The number of nitrogens with zero attached hydrogens (tertiary/aromatic N) is 1. The van der Waals surface area contributed by atoms with Crippen LogP contribution in [0.2, 0.25) is 0 Å². The van der Waals surface area contributed by atoms with Gasteiger partial charge < -0.3 is 14.9 Å². The molecule has 0 aliphatic heterocycles. The Kier molecular flexibility index (Phi) is 3.98. The molecule has 2 N–H and O–H groups in total. The second-order valence-corrected chi connectivity index (χ2v) is 4.75. The van der Waals surface area contributed by atoms with Crippen LogP contribution in [-0.4, -0.2) is 16.2 Å². The van der Waals surface area contributed by atoms with Crippen LogP contribution in [0.4, 0.5) is 5.69 Å². The lowest BCUT2D eigenvalue weighted by molar-refractivity contribution is 0.101. The summed E-state index contributed by atoms with van der Waals surface area (Å²) in [5, 5.41) is 15.5. The number of hydrogen-bond donors (Lipinski definition) is 2. The summed E-state index contributed by atoms with van der Waals surface area (Å²) in [6.07, 6.45) is 0. The molecule has 0 bridgehead atoms. The first-order chi connectivity index (χ1) is 10.8.